The van der Waals surface area contributed by atoms with Crippen LogP contribution in [-0.2, 0) is 11.3 Å². The number of benzene rings is 2. The Hall–Kier alpha value is -2.76. The summed E-state index contributed by atoms with van der Waals surface area (Å²) in [5, 5.41) is 5.06. The monoisotopic (exact) mass is 302 g/mol. The van der Waals surface area contributed by atoms with E-state index in [1.165, 1.54) is 19.2 Å². The summed E-state index contributed by atoms with van der Waals surface area (Å²) in [4.78, 5) is 11.5. The van der Waals surface area contributed by atoms with E-state index in [0.717, 1.165) is 11.5 Å². The Morgan fingerprint density at radius 3 is 2.59 bits per heavy atom. The first-order valence-electron chi connectivity index (χ1n) is 6.55. The minimum atomic E-state index is -0.625. The van der Waals surface area contributed by atoms with Gasteiger partial charge >= 0.3 is 5.97 Å². The van der Waals surface area contributed by atoms with Gasteiger partial charge in [0.2, 0.25) is 0 Å². The number of esters is 1. The molecule has 1 aromatic heterocycles. The molecule has 4 nitrogen and oxygen atoms in total. The van der Waals surface area contributed by atoms with Gasteiger partial charge < -0.3 is 4.74 Å². The highest BCUT2D eigenvalue weighted by atomic mass is 19.1. The van der Waals surface area contributed by atoms with Crippen LogP contribution in [0.25, 0.3) is 10.9 Å². The fourth-order valence-electron chi connectivity index (χ4n) is 2.29. The summed E-state index contributed by atoms with van der Waals surface area (Å²) in [6, 6.07) is 8.32. The van der Waals surface area contributed by atoms with E-state index < -0.39 is 17.6 Å². The molecule has 0 radical (unpaired) electrons. The number of fused-ring (bicyclic) bond motifs is 1. The number of rotatable bonds is 3. The van der Waals surface area contributed by atoms with Crippen molar-refractivity contribution in [1.29, 1.82) is 0 Å². The lowest BCUT2D eigenvalue weighted by Crippen LogP contribution is -2.01. The second-order valence-electron chi connectivity index (χ2n) is 4.87. The number of methoxy groups -OCH3 is 1. The van der Waals surface area contributed by atoms with Crippen molar-refractivity contribution < 1.29 is 18.3 Å². The van der Waals surface area contributed by atoms with Crippen LogP contribution in [0.2, 0.25) is 0 Å². The first-order chi connectivity index (χ1) is 10.5. The molecular weight excluding hydrogens is 290 g/mol. The lowest BCUT2D eigenvalue weighted by molar-refractivity contribution is 0.0601. The van der Waals surface area contributed by atoms with Crippen molar-refractivity contribution in [1.82, 2.24) is 9.78 Å². The van der Waals surface area contributed by atoms with Gasteiger partial charge in [-0.1, -0.05) is 0 Å². The predicted molar refractivity (Wildman–Crippen MR) is 76.5 cm³/mol. The second-order valence-corrected chi connectivity index (χ2v) is 4.87. The van der Waals surface area contributed by atoms with Gasteiger partial charge in [0.25, 0.3) is 0 Å². The maximum atomic E-state index is 13.2. The van der Waals surface area contributed by atoms with Gasteiger partial charge in [-0.25, -0.2) is 13.6 Å². The standard InChI is InChI=1S/C16H12F2N2O2/c1-22-16(21)11-2-3-15-12(6-11)9-20(19-15)8-10-4-13(17)7-14(18)5-10/h2-7,9H,8H2,1H3. The Balaban J connectivity index is 1.93. The minimum absolute atomic E-state index is 0.233. The molecule has 0 fully saturated rings. The first-order valence-corrected chi connectivity index (χ1v) is 6.55. The van der Waals surface area contributed by atoms with Crippen molar-refractivity contribution in [3.63, 3.8) is 0 Å². The average molecular weight is 302 g/mol. The highest BCUT2D eigenvalue weighted by Crippen LogP contribution is 2.17. The van der Waals surface area contributed by atoms with Crippen LogP contribution in [0.1, 0.15) is 15.9 Å². The fourth-order valence-corrected chi connectivity index (χ4v) is 2.29. The molecule has 0 spiro atoms. The number of carbonyl (C=O) groups excluding carboxylic acids is 1. The van der Waals surface area contributed by atoms with Crippen LogP contribution in [0.3, 0.4) is 0 Å². The zero-order valence-electron chi connectivity index (χ0n) is 11.7. The maximum Gasteiger partial charge on any atom is 0.337 e. The SMILES string of the molecule is COC(=O)c1ccc2nn(Cc3cc(F)cc(F)c3)cc2c1. The molecule has 0 saturated carbocycles. The molecule has 0 amide bonds. The zero-order chi connectivity index (χ0) is 15.7. The molecule has 0 aliphatic carbocycles. The Bertz CT molecular complexity index is 838. The normalized spacial score (nSPS) is 10.9. The van der Waals surface area contributed by atoms with Gasteiger partial charge in [-0.3, -0.25) is 4.68 Å². The highest BCUT2D eigenvalue weighted by Gasteiger charge is 2.09. The number of ether oxygens (including phenoxy) is 1. The van der Waals surface area contributed by atoms with Gasteiger partial charge in [0.15, 0.2) is 0 Å². The van der Waals surface area contributed by atoms with E-state index in [9.17, 15) is 13.6 Å². The van der Waals surface area contributed by atoms with Crippen LogP contribution in [0.5, 0.6) is 0 Å². The van der Waals surface area contributed by atoms with E-state index >= 15 is 0 Å². The second kappa shape index (κ2) is 5.55. The van der Waals surface area contributed by atoms with E-state index in [1.54, 1.807) is 29.1 Å². The summed E-state index contributed by atoms with van der Waals surface area (Å²) < 4.78 is 32.6. The molecule has 2 aromatic carbocycles. The number of nitrogens with zero attached hydrogens (tertiary/aromatic N) is 2. The molecule has 6 heteroatoms. The number of aromatic nitrogens is 2. The fraction of sp³-hybridized carbons (Fsp3) is 0.125. The lowest BCUT2D eigenvalue weighted by Gasteiger charge is -2.02. The molecule has 0 bridgehead atoms. The number of halogens is 2. The molecule has 22 heavy (non-hydrogen) atoms. The van der Waals surface area contributed by atoms with Gasteiger partial charge in [0, 0.05) is 17.6 Å². The van der Waals surface area contributed by atoms with Crippen molar-refractivity contribution in [3.8, 4) is 0 Å². The van der Waals surface area contributed by atoms with Crippen molar-refractivity contribution in [2.45, 2.75) is 6.54 Å². The third kappa shape index (κ3) is 2.81. The van der Waals surface area contributed by atoms with Crippen LogP contribution >= 0.6 is 0 Å². The van der Waals surface area contributed by atoms with E-state index in [0.29, 0.717) is 16.6 Å². The van der Waals surface area contributed by atoms with Gasteiger partial charge in [0.05, 0.1) is 24.7 Å². The predicted octanol–water partition coefficient (Wildman–Crippen LogP) is 3.15. The van der Waals surface area contributed by atoms with Gasteiger partial charge in [0.1, 0.15) is 11.6 Å². The Labute approximate surface area is 124 Å². The summed E-state index contributed by atoms with van der Waals surface area (Å²) in [5.41, 5.74) is 1.58. The molecule has 112 valence electrons. The summed E-state index contributed by atoms with van der Waals surface area (Å²) in [6.45, 7) is 0.233. The van der Waals surface area contributed by atoms with E-state index in [2.05, 4.69) is 9.84 Å². The quantitative estimate of drug-likeness (QED) is 0.698. The largest absolute Gasteiger partial charge is 0.465 e. The van der Waals surface area contributed by atoms with Crippen LogP contribution in [0.4, 0.5) is 8.78 Å². The molecule has 0 unspecified atom stereocenters. The van der Waals surface area contributed by atoms with Gasteiger partial charge in [-0.15, -0.1) is 0 Å². The summed E-state index contributed by atoms with van der Waals surface area (Å²) >= 11 is 0. The van der Waals surface area contributed by atoms with E-state index in [1.807, 2.05) is 0 Å². The van der Waals surface area contributed by atoms with Crippen molar-refractivity contribution in [2.75, 3.05) is 7.11 Å². The van der Waals surface area contributed by atoms with E-state index in [-0.39, 0.29) is 6.54 Å². The molecule has 3 aromatic rings. The van der Waals surface area contributed by atoms with Crippen LogP contribution in [0.15, 0.2) is 42.6 Å². The molecule has 0 aliphatic heterocycles. The smallest absolute Gasteiger partial charge is 0.337 e. The van der Waals surface area contributed by atoms with Crippen molar-refractivity contribution >= 4 is 16.9 Å². The number of hydrogen-bond acceptors (Lipinski definition) is 3. The molecule has 0 saturated heterocycles. The Kier molecular flexibility index (Phi) is 3.58. The third-order valence-corrected chi connectivity index (χ3v) is 3.24. The Morgan fingerprint density at radius 1 is 1.18 bits per heavy atom. The zero-order valence-corrected chi connectivity index (χ0v) is 11.7. The van der Waals surface area contributed by atoms with Crippen LogP contribution in [0, 0.1) is 11.6 Å². The highest BCUT2D eigenvalue weighted by molar-refractivity contribution is 5.94. The summed E-state index contributed by atoms with van der Waals surface area (Å²) in [7, 11) is 1.31. The minimum Gasteiger partial charge on any atom is -0.465 e. The van der Waals surface area contributed by atoms with E-state index in [4.69, 9.17) is 0 Å². The van der Waals surface area contributed by atoms with Crippen molar-refractivity contribution in [2.24, 2.45) is 0 Å². The molecule has 3 rings (SSSR count). The summed E-state index contributed by atoms with van der Waals surface area (Å²) in [6.07, 6.45) is 1.71. The molecular formula is C16H12F2N2O2. The number of carbonyl (C=O) groups is 1. The topological polar surface area (TPSA) is 44.1 Å². The summed E-state index contributed by atoms with van der Waals surface area (Å²) in [5.74, 6) is -1.68. The number of hydrogen-bond donors (Lipinski definition) is 0. The average Bonchev–Trinajstić information content (AvgIpc) is 2.86. The first kappa shape index (κ1) is 14.2. The lowest BCUT2D eigenvalue weighted by atomic mass is 10.1. The molecule has 0 atom stereocenters. The van der Waals surface area contributed by atoms with Crippen LogP contribution < -0.4 is 0 Å². The van der Waals surface area contributed by atoms with Crippen molar-refractivity contribution in [3.05, 3.63) is 65.4 Å². The molecule has 1 heterocycles. The molecule has 0 aliphatic rings. The van der Waals surface area contributed by atoms with Gasteiger partial charge in [-0.05, 0) is 35.9 Å². The molecule has 0 N–H and O–H groups in total. The Morgan fingerprint density at radius 2 is 1.91 bits per heavy atom. The van der Waals surface area contributed by atoms with Crippen LogP contribution in [-0.4, -0.2) is 22.9 Å². The maximum absolute atomic E-state index is 13.2. The van der Waals surface area contributed by atoms with Gasteiger partial charge in [-0.2, -0.15) is 5.10 Å². The third-order valence-electron chi connectivity index (χ3n) is 3.24.